The van der Waals surface area contributed by atoms with Crippen LogP contribution in [0.3, 0.4) is 0 Å². The number of aromatic amines is 1. The van der Waals surface area contributed by atoms with Crippen molar-refractivity contribution in [2.75, 3.05) is 18.2 Å². The SMILES string of the molecule is COc1ccc(Nc2cn[nH]c2N)cc1C. The minimum atomic E-state index is 0.522. The van der Waals surface area contributed by atoms with E-state index in [0.717, 1.165) is 22.7 Å². The Morgan fingerprint density at radius 1 is 1.44 bits per heavy atom. The first-order valence-corrected chi connectivity index (χ1v) is 4.91. The zero-order valence-corrected chi connectivity index (χ0v) is 9.24. The summed E-state index contributed by atoms with van der Waals surface area (Å²) < 4.78 is 5.19. The minimum Gasteiger partial charge on any atom is -0.496 e. The summed E-state index contributed by atoms with van der Waals surface area (Å²) in [6, 6.07) is 5.83. The van der Waals surface area contributed by atoms with Crippen molar-refractivity contribution in [1.29, 1.82) is 0 Å². The number of anilines is 3. The van der Waals surface area contributed by atoms with Gasteiger partial charge < -0.3 is 15.8 Å². The Morgan fingerprint density at radius 3 is 2.81 bits per heavy atom. The van der Waals surface area contributed by atoms with Crippen LogP contribution in [0.2, 0.25) is 0 Å². The Kier molecular flexibility index (Phi) is 2.68. The molecule has 5 heteroatoms. The van der Waals surface area contributed by atoms with Crippen LogP contribution in [0, 0.1) is 6.92 Å². The number of nitrogens with zero attached hydrogens (tertiary/aromatic N) is 1. The van der Waals surface area contributed by atoms with Crippen LogP contribution in [0.25, 0.3) is 0 Å². The molecular weight excluding hydrogens is 204 g/mol. The normalized spacial score (nSPS) is 10.1. The average molecular weight is 218 g/mol. The summed E-state index contributed by atoms with van der Waals surface area (Å²) in [5, 5.41) is 9.67. The quantitative estimate of drug-likeness (QED) is 0.737. The van der Waals surface area contributed by atoms with Crippen LogP contribution in [0.15, 0.2) is 24.4 Å². The number of aryl methyl sites for hydroxylation is 1. The molecule has 0 aliphatic rings. The molecule has 4 N–H and O–H groups in total. The van der Waals surface area contributed by atoms with Crippen molar-refractivity contribution < 1.29 is 4.74 Å². The van der Waals surface area contributed by atoms with Gasteiger partial charge in [-0.2, -0.15) is 5.10 Å². The van der Waals surface area contributed by atoms with Gasteiger partial charge in [0.25, 0.3) is 0 Å². The summed E-state index contributed by atoms with van der Waals surface area (Å²) in [5.74, 6) is 1.39. The van der Waals surface area contributed by atoms with Crippen LogP contribution >= 0.6 is 0 Å². The van der Waals surface area contributed by atoms with E-state index in [0.29, 0.717) is 5.82 Å². The van der Waals surface area contributed by atoms with Gasteiger partial charge in [-0.1, -0.05) is 0 Å². The van der Waals surface area contributed by atoms with E-state index < -0.39 is 0 Å². The van der Waals surface area contributed by atoms with Gasteiger partial charge in [0.15, 0.2) is 0 Å². The maximum absolute atomic E-state index is 5.68. The third kappa shape index (κ3) is 1.93. The topological polar surface area (TPSA) is 76.0 Å². The number of nitrogens with two attached hydrogens (primary N) is 1. The summed E-state index contributed by atoms with van der Waals surface area (Å²) in [7, 11) is 1.66. The second-order valence-electron chi connectivity index (χ2n) is 3.51. The number of methoxy groups -OCH3 is 1. The fourth-order valence-electron chi connectivity index (χ4n) is 1.51. The lowest BCUT2D eigenvalue weighted by molar-refractivity contribution is 0.412. The highest BCUT2D eigenvalue weighted by Crippen LogP contribution is 2.25. The van der Waals surface area contributed by atoms with Gasteiger partial charge in [0, 0.05) is 5.69 Å². The van der Waals surface area contributed by atoms with Gasteiger partial charge in [0.05, 0.1) is 13.3 Å². The third-order valence-electron chi connectivity index (χ3n) is 2.34. The van der Waals surface area contributed by atoms with Crippen molar-refractivity contribution >= 4 is 17.2 Å². The molecule has 0 bridgehead atoms. The number of nitrogen functional groups attached to an aromatic ring is 1. The number of hydrogen-bond donors (Lipinski definition) is 3. The van der Waals surface area contributed by atoms with E-state index in [1.807, 2.05) is 25.1 Å². The number of rotatable bonds is 3. The fraction of sp³-hybridized carbons (Fsp3) is 0.182. The number of ether oxygens (including phenoxy) is 1. The molecule has 0 fully saturated rings. The lowest BCUT2D eigenvalue weighted by Crippen LogP contribution is -1.95. The van der Waals surface area contributed by atoms with Crippen molar-refractivity contribution in [1.82, 2.24) is 10.2 Å². The Balaban J connectivity index is 2.23. The molecule has 0 aliphatic carbocycles. The molecule has 5 nitrogen and oxygen atoms in total. The smallest absolute Gasteiger partial charge is 0.143 e. The molecule has 16 heavy (non-hydrogen) atoms. The highest BCUT2D eigenvalue weighted by molar-refractivity contribution is 5.69. The molecule has 0 amide bonds. The predicted molar refractivity (Wildman–Crippen MR) is 64.0 cm³/mol. The van der Waals surface area contributed by atoms with Crippen LogP contribution in [0.5, 0.6) is 5.75 Å². The van der Waals surface area contributed by atoms with Crippen LogP contribution in [0.1, 0.15) is 5.56 Å². The molecule has 1 aromatic carbocycles. The van der Waals surface area contributed by atoms with Crippen molar-refractivity contribution in [2.24, 2.45) is 0 Å². The summed E-state index contributed by atoms with van der Waals surface area (Å²) in [6.45, 7) is 1.99. The number of aromatic nitrogens is 2. The third-order valence-corrected chi connectivity index (χ3v) is 2.34. The molecule has 0 aliphatic heterocycles. The Morgan fingerprint density at radius 2 is 2.25 bits per heavy atom. The second-order valence-corrected chi connectivity index (χ2v) is 3.51. The summed E-state index contributed by atoms with van der Waals surface area (Å²) in [6.07, 6.45) is 1.65. The Labute approximate surface area is 93.6 Å². The van der Waals surface area contributed by atoms with Gasteiger partial charge in [-0.15, -0.1) is 0 Å². The van der Waals surface area contributed by atoms with Crippen molar-refractivity contribution in [2.45, 2.75) is 6.92 Å². The standard InChI is InChI=1S/C11H14N4O/c1-7-5-8(3-4-10(7)16-2)14-9-6-13-15-11(9)12/h3-6,14H,1-2H3,(H3,12,13,15). The van der Waals surface area contributed by atoms with Crippen molar-refractivity contribution in [3.8, 4) is 5.75 Å². The second kappa shape index (κ2) is 4.14. The van der Waals surface area contributed by atoms with Gasteiger partial charge in [-0.3, -0.25) is 5.10 Å². The van der Waals surface area contributed by atoms with E-state index in [9.17, 15) is 0 Å². The first kappa shape index (κ1) is 10.4. The Hall–Kier alpha value is -2.17. The lowest BCUT2D eigenvalue weighted by Gasteiger charge is -2.08. The monoisotopic (exact) mass is 218 g/mol. The first-order chi connectivity index (χ1) is 7.70. The maximum atomic E-state index is 5.68. The van der Waals surface area contributed by atoms with E-state index in [4.69, 9.17) is 10.5 Å². The zero-order chi connectivity index (χ0) is 11.5. The molecule has 0 saturated heterocycles. The van der Waals surface area contributed by atoms with Crippen LogP contribution in [0.4, 0.5) is 17.2 Å². The van der Waals surface area contributed by atoms with Gasteiger partial charge in [-0.25, -0.2) is 0 Å². The van der Waals surface area contributed by atoms with Crippen molar-refractivity contribution in [3.63, 3.8) is 0 Å². The highest BCUT2D eigenvalue weighted by Gasteiger charge is 2.03. The zero-order valence-electron chi connectivity index (χ0n) is 9.24. The molecule has 0 atom stereocenters. The van der Waals surface area contributed by atoms with E-state index in [2.05, 4.69) is 15.5 Å². The number of benzene rings is 1. The van der Waals surface area contributed by atoms with E-state index in [1.54, 1.807) is 13.3 Å². The predicted octanol–water partition coefficient (Wildman–Crippen LogP) is 2.05. The highest BCUT2D eigenvalue weighted by atomic mass is 16.5. The molecule has 0 saturated carbocycles. The molecule has 0 unspecified atom stereocenters. The van der Waals surface area contributed by atoms with Crippen molar-refractivity contribution in [3.05, 3.63) is 30.0 Å². The van der Waals surface area contributed by atoms with Crippen LogP contribution in [-0.2, 0) is 0 Å². The largest absolute Gasteiger partial charge is 0.496 e. The van der Waals surface area contributed by atoms with Gasteiger partial charge >= 0.3 is 0 Å². The fourth-order valence-corrected chi connectivity index (χ4v) is 1.51. The van der Waals surface area contributed by atoms with E-state index in [1.165, 1.54) is 0 Å². The summed E-state index contributed by atoms with van der Waals surface area (Å²) in [4.78, 5) is 0. The molecule has 2 aromatic rings. The summed E-state index contributed by atoms with van der Waals surface area (Å²) in [5.41, 5.74) is 8.46. The van der Waals surface area contributed by atoms with E-state index in [-0.39, 0.29) is 0 Å². The lowest BCUT2D eigenvalue weighted by atomic mass is 10.2. The van der Waals surface area contributed by atoms with Gasteiger partial charge in [0.1, 0.15) is 17.3 Å². The minimum absolute atomic E-state index is 0.522. The number of H-pyrrole nitrogens is 1. The average Bonchev–Trinajstić information content (AvgIpc) is 2.65. The van der Waals surface area contributed by atoms with E-state index >= 15 is 0 Å². The Bertz CT molecular complexity index is 492. The molecular formula is C11H14N4O. The molecule has 2 rings (SSSR count). The van der Waals surface area contributed by atoms with Gasteiger partial charge in [-0.05, 0) is 30.7 Å². The summed E-state index contributed by atoms with van der Waals surface area (Å²) >= 11 is 0. The molecule has 0 spiro atoms. The van der Waals surface area contributed by atoms with Gasteiger partial charge in [0.2, 0.25) is 0 Å². The number of nitrogens with one attached hydrogen (secondary N) is 2. The molecule has 84 valence electrons. The number of hydrogen-bond acceptors (Lipinski definition) is 4. The molecule has 1 aromatic heterocycles. The first-order valence-electron chi connectivity index (χ1n) is 4.91. The maximum Gasteiger partial charge on any atom is 0.143 e. The molecule has 0 radical (unpaired) electrons. The molecule has 1 heterocycles. The van der Waals surface area contributed by atoms with Crippen LogP contribution < -0.4 is 15.8 Å². The van der Waals surface area contributed by atoms with Crippen LogP contribution in [-0.4, -0.2) is 17.3 Å².